The van der Waals surface area contributed by atoms with Gasteiger partial charge in [0.2, 0.25) is 15.9 Å². The fourth-order valence-corrected chi connectivity index (χ4v) is 5.70. The number of nitrogens with one attached hydrogen (secondary N) is 1. The molecule has 1 aliphatic heterocycles. The quantitative estimate of drug-likeness (QED) is 0.529. The van der Waals surface area contributed by atoms with Crippen molar-refractivity contribution in [3.63, 3.8) is 0 Å². The Morgan fingerprint density at radius 1 is 1.06 bits per heavy atom. The van der Waals surface area contributed by atoms with Gasteiger partial charge in [-0.1, -0.05) is 0 Å². The molecule has 0 spiro atoms. The van der Waals surface area contributed by atoms with Crippen LogP contribution in [0.25, 0.3) is 10.9 Å². The number of pyridine rings is 1. The van der Waals surface area contributed by atoms with E-state index in [1.807, 2.05) is 26.0 Å². The first-order chi connectivity index (χ1) is 16.1. The van der Waals surface area contributed by atoms with Crippen molar-refractivity contribution in [1.82, 2.24) is 14.2 Å². The minimum atomic E-state index is -4.00. The van der Waals surface area contributed by atoms with Gasteiger partial charge in [0.05, 0.1) is 4.90 Å². The number of halogens is 1. The summed E-state index contributed by atoms with van der Waals surface area (Å²) in [5, 5.41) is 0.819. The van der Waals surface area contributed by atoms with E-state index in [9.17, 15) is 22.4 Å². The number of aromatic nitrogens is 1. The Labute approximate surface area is 198 Å². The van der Waals surface area contributed by atoms with Crippen molar-refractivity contribution in [2.45, 2.75) is 44.6 Å². The lowest BCUT2D eigenvalue weighted by molar-refractivity contribution is -0.127. The van der Waals surface area contributed by atoms with E-state index < -0.39 is 15.8 Å². The third-order valence-corrected chi connectivity index (χ3v) is 8.20. The minimum absolute atomic E-state index is 0.0464. The third-order valence-electron chi connectivity index (χ3n) is 6.34. The average molecular weight is 486 g/mol. The molecule has 9 heteroatoms. The molecule has 0 aliphatic carbocycles. The zero-order valence-corrected chi connectivity index (χ0v) is 20.1. The van der Waals surface area contributed by atoms with E-state index in [0.717, 1.165) is 35.1 Å². The van der Waals surface area contributed by atoms with Crippen LogP contribution < -0.4 is 5.56 Å². The van der Waals surface area contributed by atoms with Gasteiger partial charge in [0.1, 0.15) is 5.82 Å². The number of likely N-dealkylation sites (tertiary alicyclic amines) is 1. The van der Waals surface area contributed by atoms with Gasteiger partial charge in [0.25, 0.3) is 5.56 Å². The molecule has 7 nitrogen and oxygen atoms in total. The Balaban J connectivity index is 1.65. The lowest BCUT2D eigenvalue weighted by Crippen LogP contribution is -2.36. The van der Waals surface area contributed by atoms with Crippen molar-refractivity contribution in [2.24, 2.45) is 0 Å². The molecule has 0 radical (unpaired) electrons. The number of carbonyl (C=O) groups excluding carboxylic acids is 1. The van der Waals surface area contributed by atoms with Crippen LogP contribution in [0.4, 0.5) is 4.39 Å². The lowest BCUT2D eigenvalue weighted by atomic mass is 10.0. The zero-order valence-electron chi connectivity index (χ0n) is 19.3. The Hall–Kier alpha value is -3.04. The van der Waals surface area contributed by atoms with Crippen LogP contribution in [-0.2, 0) is 21.4 Å². The maximum Gasteiger partial charge on any atom is 0.252 e. The van der Waals surface area contributed by atoms with E-state index in [2.05, 4.69) is 4.98 Å². The van der Waals surface area contributed by atoms with Crippen LogP contribution in [-0.4, -0.2) is 48.1 Å². The molecule has 1 N–H and O–H groups in total. The molecule has 0 unspecified atom stereocenters. The van der Waals surface area contributed by atoms with Crippen LogP contribution in [0.3, 0.4) is 0 Å². The van der Waals surface area contributed by atoms with Gasteiger partial charge in [-0.05, 0) is 85.7 Å². The van der Waals surface area contributed by atoms with Gasteiger partial charge < -0.3 is 9.88 Å². The van der Waals surface area contributed by atoms with Gasteiger partial charge in [0.15, 0.2) is 0 Å². The van der Waals surface area contributed by atoms with E-state index in [0.29, 0.717) is 37.0 Å². The number of benzene rings is 2. The number of fused-ring (bicyclic) bond motifs is 1. The molecule has 1 fully saturated rings. The second kappa shape index (κ2) is 9.68. The molecular weight excluding hydrogens is 457 g/mol. The summed E-state index contributed by atoms with van der Waals surface area (Å²) in [4.78, 5) is 29.3. The smallest absolute Gasteiger partial charge is 0.252 e. The molecule has 3 aromatic rings. The van der Waals surface area contributed by atoms with Crippen LogP contribution in [0.1, 0.15) is 36.0 Å². The second-order valence-electron chi connectivity index (χ2n) is 8.78. The summed E-state index contributed by atoms with van der Waals surface area (Å²) >= 11 is 0. The van der Waals surface area contributed by atoms with Crippen LogP contribution in [0.15, 0.2) is 52.2 Å². The number of hydrogen-bond donors (Lipinski definition) is 1. The number of hydrogen-bond acceptors (Lipinski definition) is 4. The fourth-order valence-electron chi connectivity index (χ4n) is 4.25. The van der Waals surface area contributed by atoms with Gasteiger partial charge in [-0.15, -0.1) is 0 Å². The van der Waals surface area contributed by atoms with Crippen LogP contribution >= 0.6 is 0 Å². The molecule has 180 valence electrons. The van der Waals surface area contributed by atoms with Gasteiger partial charge in [-0.3, -0.25) is 9.59 Å². The molecule has 0 bridgehead atoms. The van der Waals surface area contributed by atoms with Crippen molar-refractivity contribution < 1.29 is 17.6 Å². The van der Waals surface area contributed by atoms with Crippen molar-refractivity contribution in [3.8, 4) is 0 Å². The van der Waals surface area contributed by atoms with E-state index in [4.69, 9.17) is 0 Å². The van der Waals surface area contributed by atoms with Crippen LogP contribution in [0.5, 0.6) is 0 Å². The molecular formula is C25H28FN3O4S. The fraction of sp³-hybridized carbons (Fsp3) is 0.360. The normalized spacial score (nSPS) is 14.5. The SMILES string of the molecule is Cc1cc2cc(CN(CCCN3CCCC3=O)S(=O)(=O)c3ccc(F)cc3)c(=O)[nH]c2cc1C. The Bertz CT molecular complexity index is 1380. The summed E-state index contributed by atoms with van der Waals surface area (Å²) < 4.78 is 41.5. The summed E-state index contributed by atoms with van der Waals surface area (Å²) in [6.07, 6.45) is 1.75. The van der Waals surface area contributed by atoms with E-state index in [1.54, 1.807) is 11.0 Å². The minimum Gasteiger partial charge on any atom is -0.343 e. The summed E-state index contributed by atoms with van der Waals surface area (Å²) in [5.41, 5.74) is 2.77. The highest BCUT2D eigenvalue weighted by atomic mass is 32.2. The predicted molar refractivity (Wildman–Crippen MR) is 128 cm³/mol. The summed E-state index contributed by atoms with van der Waals surface area (Å²) in [7, 11) is -4.00. The van der Waals surface area contributed by atoms with Crippen molar-refractivity contribution in [2.75, 3.05) is 19.6 Å². The van der Waals surface area contributed by atoms with Gasteiger partial charge in [-0.2, -0.15) is 4.31 Å². The van der Waals surface area contributed by atoms with Crippen LogP contribution in [0.2, 0.25) is 0 Å². The Morgan fingerprint density at radius 3 is 2.44 bits per heavy atom. The zero-order chi connectivity index (χ0) is 24.5. The highest BCUT2D eigenvalue weighted by molar-refractivity contribution is 7.89. The van der Waals surface area contributed by atoms with Gasteiger partial charge in [-0.25, -0.2) is 12.8 Å². The topological polar surface area (TPSA) is 90.6 Å². The number of sulfonamides is 1. The van der Waals surface area contributed by atoms with Crippen molar-refractivity contribution in [1.29, 1.82) is 0 Å². The number of aromatic amines is 1. The molecule has 1 saturated heterocycles. The van der Waals surface area contributed by atoms with Crippen molar-refractivity contribution >= 4 is 26.8 Å². The Kier molecular flexibility index (Phi) is 6.86. The molecule has 1 aromatic heterocycles. The molecule has 2 aromatic carbocycles. The third kappa shape index (κ3) is 5.05. The molecule has 0 atom stereocenters. The molecule has 4 rings (SSSR count). The van der Waals surface area contributed by atoms with Gasteiger partial charge >= 0.3 is 0 Å². The molecule has 34 heavy (non-hydrogen) atoms. The lowest BCUT2D eigenvalue weighted by Gasteiger charge is -2.24. The summed E-state index contributed by atoms with van der Waals surface area (Å²) in [5.74, 6) is -0.459. The predicted octanol–water partition coefficient (Wildman–Crippen LogP) is 3.49. The standard InChI is InChI=1S/C25H28FN3O4S/c1-17-13-19-15-20(25(31)27-23(19)14-18(17)2)16-29(12-4-11-28-10-3-5-24(28)30)34(32,33)22-8-6-21(26)7-9-22/h6-9,13-15H,3-5,10-12,16H2,1-2H3,(H,27,31). The largest absolute Gasteiger partial charge is 0.343 e. The number of carbonyl (C=O) groups is 1. The average Bonchev–Trinajstić information content (AvgIpc) is 3.19. The molecule has 0 saturated carbocycles. The maximum absolute atomic E-state index is 13.4. The monoisotopic (exact) mass is 485 g/mol. The van der Waals surface area contributed by atoms with E-state index in [1.165, 1.54) is 16.4 Å². The first-order valence-electron chi connectivity index (χ1n) is 11.3. The number of amides is 1. The van der Waals surface area contributed by atoms with E-state index in [-0.39, 0.29) is 29.5 Å². The molecule has 2 heterocycles. The van der Waals surface area contributed by atoms with Crippen molar-refractivity contribution in [3.05, 3.63) is 75.3 Å². The molecule has 1 amide bonds. The number of nitrogens with zero attached hydrogens (tertiary/aromatic N) is 2. The number of H-pyrrole nitrogens is 1. The maximum atomic E-state index is 13.4. The highest BCUT2D eigenvalue weighted by Gasteiger charge is 2.27. The number of aryl methyl sites for hydroxylation is 2. The Morgan fingerprint density at radius 2 is 1.76 bits per heavy atom. The first-order valence-corrected chi connectivity index (χ1v) is 12.8. The second-order valence-corrected chi connectivity index (χ2v) is 10.7. The van der Waals surface area contributed by atoms with Gasteiger partial charge in [0, 0.05) is 43.7 Å². The number of rotatable bonds is 8. The molecule has 1 aliphatic rings. The summed E-state index contributed by atoms with van der Waals surface area (Å²) in [6, 6.07) is 10.2. The van der Waals surface area contributed by atoms with Crippen LogP contribution in [0, 0.1) is 19.7 Å². The van der Waals surface area contributed by atoms with E-state index >= 15 is 0 Å². The summed E-state index contributed by atoms with van der Waals surface area (Å²) in [6.45, 7) is 5.04. The highest BCUT2D eigenvalue weighted by Crippen LogP contribution is 2.22. The first kappa shape index (κ1) is 24.1.